The third kappa shape index (κ3) is 8.35. The Balaban J connectivity index is 1.78. The van der Waals surface area contributed by atoms with Crippen LogP contribution in [0, 0.1) is 76.2 Å². The maximum absolute atomic E-state index is 14.0. The Bertz CT molecular complexity index is 1460. The van der Waals surface area contributed by atoms with Gasteiger partial charge in [0.15, 0.2) is 0 Å². The van der Waals surface area contributed by atoms with Gasteiger partial charge in [0.2, 0.25) is 5.52 Å². The van der Waals surface area contributed by atoms with E-state index in [4.69, 9.17) is 10.2 Å². The molecule has 0 radical (unpaired) electrons. The lowest BCUT2D eigenvalue weighted by Crippen LogP contribution is -2.64. The summed E-state index contributed by atoms with van der Waals surface area (Å²) in [6, 6.07) is 5.70. The molecule has 6 rings (SSSR count). The van der Waals surface area contributed by atoms with E-state index in [0.29, 0.717) is 101 Å². The van der Waals surface area contributed by atoms with Crippen LogP contribution >= 0.6 is 0 Å². The molecule has 0 amide bonds. The van der Waals surface area contributed by atoms with E-state index in [1.54, 1.807) is 6.20 Å². The Labute approximate surface area is 324 Å². The van der Waals surface area contributed by atoms with E-state index in [-0.39, 0.29) is 0 Å². The smallest absolute Gasteiger partial charge is 0.383 e. The molecule has 4 fully saturated rings. The molecule has 0 bridgehead atoms. The van der Waals surface area contributed by atoms with Crippen molar-refractivity contribution in [3.8, 4) is 0 Å². The number of fused-ring (bicyclic) bond motifs is 1. The fourth-order valence-electron chi connectivity index (χ4n) is 12.3. The molecule has 0 aromatic carbocycles. The number of rotatable bonds is 8. The van der Waals surface area contributed by atoms with Crippen LogP contribution in [0.3, 0.4) is 0 Å². The van der Waals surface area contributed by atoms with Crippen LogP contribution in [-0.2, 0) is 0 Å². The molecule has 53 heavy (non-hydrogen) atoms. The Hall–Kier alpha value is -2.18. The lowest BCUT2D eigenvalue weighted by molar-refractivity contribution is -0.651. The summed E-state index contributed by atoms with van der Waals surface area (Å²) >= 11 is 0. The molecule has 4 aliphatic carbocycles. The molecule has 7 nitrogen and oxygen atoms in total. The lowest BCUT2D eigenvalue weighted by Gasteiger charge is -2.51. The van der Waals surface area contributed by atoms with Crippen LogP contribution < -0.4 is 4.85 Å². The number of nitrogens with zero attached hydrogens (tertiary/aromatic N) is 6. The van der Waals surface area contributed by atoms with Crippen molar-refractivity contribution in [1.29, 1.82) is 0 Å². The molecule has 0 spiro atoms. The van der Waals surface area contributed by atoms with E-state index in [2.05, 4.69) is 103 Å². The van der Waals surface area contributed by atoms with E-state index in [0.717, 1.165) is 10.4 Å². The summed E-state index contributed by atoms with van der Waals surface area (Å²) in [5.41, 5.74) is 1.30. The summed E-state index contributed by atoms with van der Waals surface area (Å²) in [7, 11) is 0. The summed E-state index contributed by atoms with van der Waals surface area (Å²) in [5, 5.41) is 19.1. The van der Waals surface area contributed by atoms with Crippen LogP contribution in [0.15, 0.2) is 18.3 Å². The number of aromatic nitrogens is 4. The van der Waals surface area contributed by atoms with E-state index < -0.39 is 0 Å². The van der Waals surface area contributed by atoms with Gasteiger partial charge in [-0.05, 0) is 135 Å². The van der Waals surface area contributed by atoms with E-state index >= 15 is 0 Å². The average Bonchev–Trinajstić information content (AvgIpc) is 3.43. The zero-order valence-corrected chi connectivity index (χ0v) is 36.0. The first kappa shape index (κ1) is 40.5. The molecule has 12 unspecified atom stereocenters. The van der Waals surface area contributed by atoms with Gasteiger partial charge in [-0.25, -0.2) is 0 Å². The lowest BCUT2D eigenvalue weighted by atomic mass is 9.69. The topological polar surface area (TPSA) is 63.9 Å². The SMILES string of the molecule is CC1CCC(C(C)C)C(N(C(n2n[n+]([O-])c3ncccc32)=[N+](C2CC(C)CCC2C(C)C)C2CC(C)CCC2C(C)C)C2CC(C)CCC2C(C)C)C1. The maximum atomic E-state index is 14.0. The largest absolute Gasteiger partial charge is 0.721 e. The Kier molecular flexibility index (Phi) is 12.9. The van der Waals surface area contributed by atoms with Crippen LogP contribution in [0.2, 0.25) is 0 Å². The quantitative estimate of drug-likeness (QED) is 0.117. The third-order valence-corrected chi connectivity index (χ3v) is 15.4. The molecule has 2 heterocycles. The van der Waals surface area contributed by atoms with Gasteiger partial charge in [-0.3, -0.25) is 9.48 Å². The average molecular weight is 732 g/mol. The van der Waals surface area contributed by atoms with Gasteiger partial charge in [0.05, 0.1) is 24.2 Å². The molecular formula is C46H79N6O+. The zero-order chi connectivity index (χ0) is 38.3. The summed E-state index contributed by atoms with van der Waals surface area (Å²) < 4.78 is 5.23. The standard InChI is InChI=1S/C46H79N6O/c1-28(2)36-19-15-32(9)24-41(36)49(42-25-33(10)16-20-37(42)29(3)4)46(51-40-14-13-23-47-45(40)52(53)48-51)50(43-26-34(11)17-21-38(43)30(5)6)44-27-35(12)18-22-39(44)31(7)8/h13-14,23,28-39,41-44H,15-22,24-27H2,1-12H3/q+1. The van der Waals surface area contributed by atoms with Crippen LogP contribution in [0.4, 0.5) is 0 Å². The molecule has 4 aliphatic rings. The fourth-order valence-corrected chi connectivity index (χ4v) is 12.3. The van der Waals surface area contributed by atoms with Crippen molar-refractivity contribution in [2.75, 3.05) is 0 Å². The van der Waals surface area contributed by atoms with Gasteiger partial charge in [0.25, 0.3) is 0 Å². The fraction of sp³-hybridized carbons (Fsp3) is 0.870. The van der Waals surface area contributed by atoms with Crippen molar-refractivity contribution in [3.05, 3.63) is 23.5 Å². The first-order valence-electron chi connectivity index (χ1n) is 22.5. The minimum atomic E-state index is 0.390. The van der Waals surface area contributed by atoms with Gasteiger partial charge < -0.3 is 5.21 Å². The molecule has 0 aliphatic heterocycles. The molecule has 2 aromatic heterocycles. The Morgan fingerprint density at radius 1 is 0.660 bits per heavy atom. The van der Waals surface area contributed by atoms with Gasteiger partial charge in [-0.2, -0.15) is 0 Å². The van der Waals surface area contributed by atoms with Crippen molar-refractivity contribution in [2.24, 2.45) is 71.0 Å². The monoisotopic (exact) mass is 732 g/mol. The van der Waals surface area contributed by atoms with Gasteiger partial charge in [0.1, 0.15) is 6.20 Å². The summed E-state index contributed by atoms with van der Waals surface area (Å²) in [4.78, 5) is 8.58. The highest BCUT2D eigenvalue weighted by Gasteiger charge is 2.53. The van der Waals surface area contributed by atoms with Crippen molar-refractivity contribution in [1.82, 2.24) is 19.8 Å². The molecular weight excluding hydrogens is 653 g/mol. The predicted molar refractivity (Wildman–Crippen MR) is 220 cm³/mol. The van der Waals surface area contributed by atoms with Gasteiger partial charge >= 0.3 is 11.6 Å². The Morgan fingerprint density at radius 2 is 1.08 bits per heavy atom. The van der Waals surface area contributed by atoms with Crippen LogP contribution in [-0.4, -0.2) is 54.5 Å². The zero-order valence-electron chi connectivity index (χ0n) is 36.0. The van der Waals surface area contributed by atoms with Crippen molar-refractivity contribution in [3.63, 3.8) is 0 Å². The molecule has 4 saturated carbocycles. The maximum Gasteiger partial charge on any atom is 0.383 e. The molecule has 0 saturated heterocycles. The highest BCUT2D eigenvalue weighted by atomic mass is 16.5. The van der Waals surface area contributed by atoms with Crippen LogP contribution in [0.5, 0.6) is 0 Å². The summed E-state index contributed by atoms with van der Waals surface area (Å²) in [6.07, 6.45) is 16.9. The minimum Gasteiger partial charge on any atom is -0.721 e. The van der Waals surface area contributed by atoms with E-state index in [1.165, 1.54) is 83.0 Å². The highest BCUT2D eigenvalue weighted by Crippen LogP contribution is 2.46. The second kappa shape index (κ2) is 16.9. The predicted octanol–water partition coefficient (Wildman–Crippen LogP) is 10.4. The number of hydrogen-bond acceptors (Lipinski definition) is 3. The highest BCUT2D eigenvalue weighted by molar-refractivity contribution is 5.86. The molecule has 12 atom stereocenters. The summed E-state index contributed by atoms with van der Waals surface area (Å²) in [5.74, 6) is 8.61. The van der Waals surface area contributed by atoms with Crippen LogP contribution in [0.1, 0.15) is 160 Å². The van der Waals surface area contributed by atoms with Crippen molar-refractivity contribution in [2.45, 2.75) is 184 Å². The normalized spacial score (nSPS) is 35.8. The molecule has 0 N–H and O–H groups in total. The van der Waals surface area contributed by atoms with Gasteiger partial charge in [0, 0.05) is 5.21 Å². The van der Waals surface area contributed by atoms with Crippen molar-refractivity contribution < 1.29 is 9.42 Å². The third-order valence-electron chi connectivity index (χ3n) is 15.4. The molecule has 298 valence electrons. The second-order valence-corrected chi connectivity index (χ2v) is 20.7. The first-order chi connectivity index (χ1) is 25.2. The van der Waals surface area contributed by atoms with Gasteiger partial charge in [-0.1, -0.05) is 113 Å². The minimum absolute atomic E-state index is 0.390. The van der Waals surface area contributed by atoms with E-state index in [9.17, 15) is 5.21 Å². The number of pyridine rings is 1. The van der Waals surface area contributed by atoms with Gasteiger partial charge in [-0.15, -0.1) is 9.83 Å². The molecule has 2 aromatic rings. The van der Waals surface area contributed by atoms with Crippen LogP contribution in [0.25, 0.3) is 11.2 Å². The summed E-state index contributed by atoms with van der Waals surface area (Å²) in [6.45, 7) is 29.9. The number of hydrogen-bond donors (Lipinski definition) is 0. The molecule has 7 heteroatoms. The van der Waals surface area contributed by atoms with Crippen molar-refractivity contribution >= 4 is 17.1 Å². The van der Waals surface area contributed by atoms with E-state index in [1.807, 2.05) is 6.07 Å². The first-order valence-corrected chi connectivity index (χ1v) is 22.5. The Morgan fingerprint density at radius 3 is 1.51 bits per heavy atom. The second-order valence-electron chi connectivity index (χ2n) is 20.7.